The third-order valence-corrected chi connectivity index (χ3v) is 3.85. The van der Waals surface area contributed by atoms with Crippen molar-refractivity contribution in [1.29, 1.82) is 0 Å². The number of carboxylic acids is 1. The van der Waals surface area contributed by atoms with E-state index in [1.54, 1.807) is 0 Å². The van der Waals surface area contributed by atoms with Gasteiger partial charge in [-0.25, -0.2) is 9.59 Å². The van der Waals surface area contributed by atoms with Crippen molar-refractivity contribution in [2.75, 3.05) is 0 Å². The van der Waals surface area contributed by atoms with Crippen molar-refractivity contribution >= 4 is 12.1 Å². The third kappa shape index (κ3) is 3.95. The highest BCUT2D eigenvalue weighted by Crippen LogP contribution is 2.28. The Hall–Kier alpha value is -2.08. The lowest BCUT2D eigenvalue weighted by atomic mass is 9.80. The van der Waals surface area contributed by atoms with Crippen LogP contribution in [0.2, 0.25) is 0 Å². The maximum absolute atomic E-state index is 11.8. The third-order valence-electron chi connectivity index (χ3n) is 3.85. The maximum atomic E-state index is 11.8. The molecule has 0 aromatic heterocycles. The van der Waals surface area contributed by atoms with Crippen LogP contribution in [0.5, 0.6) is 0 Å². The number of alkyl carbamates (subject to hydrolysis) is 1. The second-order valence-corrected chi connectivity index (χ2v) is 5.41. The van der Waals surface area contributed by atoms with Gasteiger partial charge in [-0.2, -0.15) is 0 Å². The highest BCUT2D eigenvalue weighted by atomic mass is 16.5. The highest BCUT2D eigenvalue weighted by Gasteiger charge is 2.43. The minimum absolute atomic E-state index is 0.000357. The zero-order valence-electron chi connectivity index (χ0n) is 11.7. The number of nitrogens with one attached hydrogen (secondary N) is 1. The van der Waals surface area contributed by atoms with Gasteiger partial charge in [-0.05, 0) is 31.2 Å². The summed E-state index contributed by atoms with van der Waals surface area (Å²) in [6, 6.07) is 9.23. The molecule has 1 aromatic rings. The number of carbonyl (C=O) groups is 2. The summed E-state index contributed by atoms with van der Waals surface area (Å²) in [6.45, 7) is 0.113. The van der Waals surface area contributed by atoms with Gasteiger partial charge in [-0.1, -0.05) is 30.3 Å². The minimum Gasteiger partial charge on any atom is -0.480 e. The first-order valence-electron chi connectivity index (χ1n) is 7.00. The predicted molar refractivity (Wildman–Crippen MR) is 76.6 cm³/mol. The van der Waals surface area contributed by atoms with Gasteiger partial charge in [0, 0.05) is 6.04 Å². The second-order valence-electron chi connectivity index (χ2n) is 5.41. The van der Waals surface area contributed by atoms with Gasteiger partial charge in [0.25, 0.3) is 0 Å². The van der Waals surface area contributed by atoms with Crippen molar-refractivity contribution in [2.45, 2.75) is 43.9 Å². The molecular formula is C15H20N2O4. The molecule has 2 rings (SSSR count). The Bertz CT molecular complexity index is 496. The van der Waals surface area contributed by atoms with E-state index in [9.17, 15) is 14.7 Å². The van der Waals surface area contributed by atoms with Crippen molar-refractivity contribution in [1.82, 2.24) is 5.32 Å². The topological polar surface area (TPSA) is 102 Å². The Labute approximate surface area is 123 Å². The molecule has 0 saturated heterocycles. The van der Waals surface area contributed by atoms with Crippen LogP contribution in [-0.2, 0) is 16.1 Å². The van der Waals surface area contributed by atoms with Crippen molar-refractivity contribution in [3.63, 3.8) is 0 Å². The number of amides is 1. The van der Waals surface area contributed by atoms with E-state index in [1.165, 1.54) is 0 Å². The summed E-state index contributed by atoms with van der Waals surface area (Å²) in [7, 11) is 0. The molecule has 0 heterocycles. The summed E-state index contributed by atoms with van der Waals surface area (Å²) in [5.74, 6) is -1.04. The molecule has 114 valence electrons. The highest BCUT2D eigenvalue weighted by molar-refractivity contribution is 5.84. The fourth-order valence-electron chi connectivity index (χ4n) is 2.48. The Morgan fingerprint density at radius 3 is 2.48 bits per heavy atom. The van der Waals surface area contributed by atoms with Crippen LogP contribution in [0.4, 0.5) is 4.79 Å². The van der Waals surface area contributed by atoms with E-state index in [2.05, 4.69) is 5.32 Å². The standard InChI is InChI=1S/C15H20N2O4/c16-12-6-8-15(9-7-12,13(18)19)17-14(20)21-10-11-4-2-1-3-5-11/h1-5,12H,6-10,16H2,(H,17,20)(H,18,19). The van der Waals surface area contributed by atoms with Crippen LogP contribution < -0.4 is 11.1 Å². The fourth-order valence-corrected chi connectivity index (χ4v) is 2.48. The maximum Gasteiger partial charge on any atom is 0.408 e. The number of ether oxygens (including phenoxy) is 1. The molecule has 21 heavy (non-hydrogen) atoms. The number of hydrogen-bond donors (Lipinski definition) is 3. The summed E-state index contributed by atoms with van der Waals surface area (Å²) in [4.78, 5) is 23.3. The van der Waals surface area contributed by atoms with E-state index in [0.717, 1.165) is 5.56 Å². The molecule has 0 radical (unpaired) electrons. The monoisotopic (exact) mass is 292 g/mol. The molecule has 0 atom stereocenters. The molecule has 1 aliphatic carbocycles. The van der Waals surface area contributed by atoms with E-state index >= 15 is 0 Å². The average molecular weight is 292 g/mol. The van der Waals surface area contributed by atoms with Crippen molar-refractivity contribution in [3.05, 3.63) is 35.9 Å². The van der Waals surface area contributed by atoms with Gasteiger partial charge in [0.2, 0.25) is 0 Å². The molecule has 1 aliphatic rings. The molecule has 0 spiro atoms. The lowest BCUT2D eigenvalue weighted by Crippen LogP contribution is -2.57. The van der Waals surface area contributed by atoms with Crippen molar-refractivity contribution in [2.24, 2.45) is 5.73 Å². The van der Waals surface area contributed by atoms with E-state index in [0.29, 0.717) is 25.7 Å². The van der Waals surface area contributed by atoms with Gasteiger partial charge < -0.3 is 20.9 Å². The van der Waals surface area contributed by atoms with Gasteiger partial charge in [0.05, 0.1) is 0 Å². The lowest BCUT2D eigenvalue weighted by Gasteiger charge is -2.35. The minimum atomic E-state index is -1.26. The smallest absolute Gasteiger partial charge is 0.408 e. The number of carbonyl (C=O) groups excluding carboxylic acids is 1. The van der Waals surface area contributed by atoms with Crippen LogP contribution in [0, 0.1) is 0 Å². The van der Waals surface area contributed by atoms with Crippen LogP contribution in [0.15, 0.2) is 30.3 Å². The van der Waals surface area contributed by atoms with Crippen molar-refractivity contribution < 1.29 is 19.4 Å². The van der Waals surface area contributed by atoms with Gasteiger partial charge in [0.15, 0.2) is 0 Å². The number of nitrogens with two attached hydrogens (primary N) is 1. The molecule has 0 unspecified atom stereocenters. The molecule has 1 aromatic carbocycles. The van der Waals surface area contributed by atoms with Gasteiger partial charge in [-0.3, -0.25) is 0 Å². The second kappa shape index (κ2) is 6.58. The van der Waals surface area contributed by atoms with E-state index in [-0.39, 0.29) is 12.6 Å². The van der Waals surface area contributed by atoms with E-state index in [4.69, 9.17) is 10.5 Å². The molecule has 1 saturated carbocycles. The number of carboxylic acid groups (broad SMARTS) is 1. The summed E-state index contributed by atoms with van der Waals surface area (Å²) < 4.78 is 5.09. The number of benzene rings is 1. The van der Waals surface area contributed by atoms with Gasteiger partial charge in [-0.15, -0.1) is 0 Å². The molecule has 0 bridgehead atoms. The molecule has 4 N–H and O–H groups in total. The number of aliphatic carboxylic acids is 1. The molecular weight excluding hydrogens is 272 g/mol. The largest absolute Gasteiger partial charge is 0.480 e. The Balaban J connectivity index is 1.91. The predicted octanol–water partition coefficient (Wildman–Crippen LogP) is 1.64. The van der Waals surface area contributed by atoms with Crippen LogP contribution in [-0.4, -0.2) is 28.7 Å². The lowest BCUT2D eigenvalue weighted by molar-refractivity contribution is -0.146. The fraction of sp³-hybridized carbons (Fsp3) is 0.467. The van der Waals surface area contributed by atoms with Crippen LogP contribution >= 0.6 is 0 Å². The quantitative estimate of drug-likeness (QED) is 0.783. The normalized spacial score (nSPS) is 25.1. The first-order valence-corrected chi connectivity index (χ1v) is 7.00. The average Bonchev–Trinajstić information content (AvgIpc) is 2.48. The SMILES string of the molecule is NC1CCC(NC(=O)OCc2ccccc2)(C(=O)O)CC1. The molecule has 0 aliphatic heterocycles. The first-order chi connectivity index (χ1) is 10.0. The summed E-state index contributed by atoms with van der Waals surface area (Å²) >= 11 is 0. The molecule has 1 fully saturated rings. The Morgan fingerprint density at radius 1 is 1.29 bits per heavy atom. The summed E-state index contributed by atoms with van der Waals surface area (Å²) in [5, 5.41) is 11.9. The van der Waals surface area contributed by atoms with Crippen molar-refractivity contribution in [3.8, 4) is 0 Å². The Morgan fingerprint density at radius 2 is 1.90 bits per heavy atom. The van der Waals surface area contributed by atoms with E-state index in [1.807, 2.05) is 30.3 Å². The van der Waals surface area contributed by atoms with Gasteiger partial charge >= 0.3 is 12.1 Å². The number of rotatable bonds is 4. The molecule has 6 heteroatoms. The Kier molecular flexibility index (Phi) is 4.80. The first kappa shape index (κ1) is 15.3. The number of hydrogen-bond acceptors (Lipinski definition) is 4. The van der Waals surface area contributed by atoms with Crippen LogP contribution in [0.3, 0.4) is 0 Å². The van der Waals surface area contributed by atoms with Crippen LogP contribution in [0.1, 0.15) is 31.2 Å². The summed E-state index contributed by atoms with van der Waals surface area (Å²) in [5.41, 5.74) is 5.37. The zero-order valence-corrected chi connectivity index (χ0v) is 11.7. The summed E-state index contributed by atoms with van der Waals surface area (Å²) in [6.07, 6.45) is 1.08. The zero-order chi connectivity index (χ0) is 15.3. The van der Waals surface area contributed by atoms with E-state index < -0.39 is 17.6 Å². The van der Waals surface area contributed by atoms with Gasteiger partial charge in [0.1, 0.15) is 12.1 Å². The molecule has 1 amide bonds. The molecule has 6 nitrogen and oxygen atoms in total. The van der Waals surface area contributed by atoms with Crippen LogP contribution in [0.25, 0.3) is 0 Å².